The first-order valence-electron chi connectivity index (χ1n) is 16.0. The summed E-state index contributed by atoms with van der Waals surface area (Å²) in [6, 6.07) is 40.1. The van der Waals surface area contributed by atoms with Gasteiger partial charge >= 0.3 is 0 Å². The van der Waals surface area contributed by atoms with Gasteiger partial charge in [-0.3, -0.25) is 0 Å². The molecule has 0 heteroatoms. The summed E-state index contributed by atoms with van der Waals surface area (Å²) in [6.45, 7) is 8.40. The van der Waals surface area contributed by atoms with Crippen LogP contribution in [0.25, 0.3) is 22.3 Å². The van der Waals surface area contributed by atoms with Crippen LogP contribution >= 0.6 is 0 Å². The zero-order valence-corrected chi connectivity index (χ0v) is 27.7. The van der Waals surface area contributed by atoms with Crippen molar-refractivity contribution in [2.24, 2.45) is 11.8 Å². The highest BCUT2D eigenvalue weighted by Gasteiger charge is 2.04. The maximum Gasteiger partial charge on any atom is 0.0824 e. The summed E-state index contributed by atoms with van der Waals surface area (Å²) in [4.78, 5) is 0. The zero-order valence-electron chi connectivity index (χ0n) is 27.7. The van der Waals surface area contributed by atoms with E-state index in [-0.39, 0.29) is 11.8 Å². The largest absolute Gasteiger partial charge is 0.0824 e. The molecule has 0 spiro atoms. The Morgan fingerprint density at radius 3 is 0.771 bits per heavy atom. The minimum atomic E-state index is 0.102. The fourth-order valence-electron chi connectivity index (χ4n) is 4.53. The van der Waals surface area contributed by atoms with Gasteiger partial charge < -0.3 is 0 Å². The summed E-state index contributed by atoms with van der Waals surface area (Å²) in [5.74, 6) is 20.4. The molecule has 4 aromatic carbocycles. The van der Waals surface area contributed by atoms with Gasteiger partial charge in [0.05, 0.1) is 33.4 Å². The minimum absolute atomic E-state index is 0.102. The molecule has 1 aliphatic carbocycles. The van der Waals surface area contributed by atoms with Crippen LogP contribution in [0.2, 0.25) is 0 Å². The SMILES string of the molecule is CC(C)C1=C=C=C(c2ccccc2)C#CC(c2ccccc2)=C=C=C(C(C)C)C#CC(c2ccccc2)=C=C=C(c2ccccc2)C#C1. The molecule has 4 aromatic rings. The van der Waals surface area contributed by atoms with Gasteiger partial charge in [0.25, 0.3) is 0 Å². The Bertz CT molecular complexity index is 2140. The van der Waals surface area contributed by atoms with E-state index in [1.807, 2.05) is 121 Å². The Labute approximate surface area is 285 Å². The van der Waals surface area contributed by atoms with Crippen LogP contribution in [0, 0.1) is 47.4 Å². The van der Waals surface area contributed by atoms with Crippen LogP contribution in [-0.4, -0.2) is 0 Å². The van der Waals surface area contributed by atoms with E-state index in [1.165, 1.54) is 0 Å². The molecule has 226 valence electrons. The first-order valence-corrected chi connectivity index (χ1v) is 16.0. The highest BCUT2D eigenvalue weighted by Crippen LogP contribution is 2.19. The lowest BCUT2D eigenvalue weighted by atomic mass is 10.0. The van der Waals surface area contributed by atoms with Gasteiger partial charge in [0.15, 0.2) is 0 Å². The standard InChI is InChI=1S/C48H34/c1-37(2)39-25-29-45(41-17-9-5-10-18-41)33-35-47(43-21-13-7-14-22-43)31-27-40(38(3)4)28-32-48(44-23-15-8-16-24-44)36-34-46(30-26-39)42-19-11-6-12-20-42/h5-24,37-38H,1-4H3. The van der Waals surface area contributed by atoms with Crippen LogP contribution in [-0.2, 0) is 0 Å². The van der Waals surface area contributed by atoms with Crippen LogP contribution in [0.4, 0.5) is 0 Å². The van der Waals surface area contributed by atoms with Crippen LogP contribution < -0.4 is 0 Å². The molecular weight excluding hydrogens is 577 g/mol. The van der Waals surface area contributed by atoms with Gasteiger partial charge in [0.1, 0.15) is 0 Å². The van der Waals surface area contributed by atoms with E-state index in [4.69, 9.17) is 0 Å². The van der Waals surface area contributed by atoms with E-state index in [1.54, 1.807) is 0 Å². The average Bonchev–Trinajstić information content (AvgIpc) is 3.12. The molecule has 0 aromatic heterocycles. The number of hydrogen-bond acceptors (Lipinski definition) is 0. The van der Waals surface area contributed by atoms with Gasteiger partial charge in [-0.15, -0.1) is 0 Å². The van der Waals surface area contributed by atoms with Gasteiger partial charge in [-0.1, -0.05) is 219 Å². The van der Waals surface area contributed by atoms with E-state index < -0.39 is 0 Å². The van der Waals surface area contributed by atoms with Crippen molar-refractivity contribution in [2.75, 3.05) is 0 Å². The average molecular weight is 611 g/mol. The number of hydrogen-bond donors (Lipinski definition) is 0. The second-order valence-electron chi connectivity index (χ2n) is 11.6. The molecule has 1 aliphatic rings. The van der Waals surface area contributed by atoms with Gasteiger partial charge in [0, 0.05) is 0 Å². The molecule has 0 saturated carbocycles. The lowest BCUT2D eigenvalue weighted by Crippen LogP contribution is -1.90. The quantitative estimate of drug-likeness (QED) is 0.151. The summed E-state index contributed by atoms with van der Waals surface area (Å²) in [5.41, 5.74) is 28.4. The molecule has 0 saturated heterocycles. The Kier molecular flexibility index (Phi) is 11.4. The van der Waals surface area contributed by atoms with Gasteiger partial charge in [-0.05, 0) is 34.1 Å². The Hall–Kier alpha value is -6.54. The summed E-state index contributed by atoms with van der Waals surface area (Å²) >= 11 is 0. The summed E-state index contributed by atoms with van der Waals surface area (Å²) < 4.78 is 0. The lowest BCUT2D eigenvalue weighted by molar-refractivity contribution is 0.800. The third kappa shape index (κ3) is 9.24. The van der Waals surface area contributed by atoms with Gasteiger partial charge in [-0.2, -0.15) is 0 Å². The van der Waals surface area contributed by atoms with Crippen molar-refractivity contribution in [3.8, 4) is 35.5 Å². The van der Waals surface area contributed by atoms with E-state index in [0.717, 1.165) is 33.4 Å². The molecule has 0 atom stereocenters. The number of rotatable bonds is 6. The highest BCUT2D eigenvalue weighted by molar-refractivity contribution is 5.87. The molecular formula is C48H34. The minimum Gasteiger partial charge on any atom is -0.0622 e. The molecule has 0 heterocycles. The molecule has 0 bridgehead atoms. The fourth-order valence-corrected chi connectivity index (χ4v) is 4.53. The predicted molar refractivity (Wildman–Crippen MR) is 201 cm³/mol. The first kappa shape index (κ1) is 32.8. The molecule has 0 unspecified atom stereocenters. The summed E-state index contributed by atoms with van der Waals surface area (Å²) in [5, 5.41) is 0. The normalized spacial score (nSPS) is 12.7. The van der Waals surface area contributed by atoms with Crippen LogP contribution in [0.15, 0.2) is 167 Å². The second kappa shape index (κ2) is 16.7. The van der Waals surface area contributed by atoms with Crippen molar-refractivity contribution < 1.29 is 0 Å². The molecule has 0 radical (unpaired) electrons. The molecule has 0 amide bonds. The first-order chi connectivity index (χ1) is 23.5. The predicted octanol–water partition coefficient (Wildman–Crippen LogP) is 10.8. The van der Waals surface area contributed by atoms with Gasteiger partial charge in [0.2, 0.25) is 0 Å². The van der Waals surface area contributed by atoms with E-state index in [2.05, 4.69) is 97.6 Å². The van der Waals surface area contributed by atoms with Crippen molar-refractivity contribution in [3.05, 3.63) is 189 Å². The Balaban J connectivity index is 1.95. The molecule has 48 heavy (non-hydrogen) atoms. The topological polar surface area (TPSA) is 0 Å². The van der Waals surface area contributed by atoms with Crippen LogP contribution in [0.3, 0.4) is 0 Å². The molecule has 0 aliphatic heterocycles. The lowest BCUT2D eigenvalue weighted by Gasteiger charge is -2.01. The molecule has 0 fully saturated rings. The third-order valence-electron chi connectivity index (χ3n) is 7.32. The maximum absolute atomic E-state index is 3.37. The van der Waals surface area contributed by atoms with Crippen molar-refractivity contribution in [3.63, 3.8) is 0 Å². The summed E-state index contributed by atoms with van der Waals surface area (Å²) in [7, 11) is 0. The van der Waals surface area contributed by atoms with Crippen molar-refractivity contribution >= 4 is 22.3 Å². The van der Waals surface area contributed by atoms with E-state index >= 15 is 0 Å². The smallest absolute Gasteiger partial charge is 0.0622 e. The van der Waals surface area contributed by atoms with Gasteiger partial charge in [-0.25, -0.2) is 0 Å². The Morgan fingerprint density at radius 2 is 0.521 bits per heavy atom. The van der Waals surface area contributed by atoms with Crippen LogP contribution in [0.1, 0.15) is 49.9 Å². The molecule has 0 nitrogen and oxygen atoms in total. The van der Waals surface area contributed by atoms with Crippen molar-refractivity contribution in [1.82, 2.24) is 0 Å². The monoisotopic (exact) mass is 610 g/mol. The van der Waals surface area contributed by atoms with Crippen LogP contribution in [0.5, 0.6) is 0 Å². The highest BCUT2D eigenvalue weighted by atomic mass is 14.1. The zero-order chi connectivity index (χ0) is 33.6. The van der Waals surface area contributed by atoms with Crippen molar-refractivity contribution in [1.29, 1.82) is 0 Å². The Morgan fingerprint density at radius 1 is 0.292 bits per heavy atom. The number of benzene rings is 4. The van der Waals surface area contributed by atoms with E-state index in [9.17, 15) is 0 Å². The fraction of sp³-hybridized carbons (Fsp3) is 0.125. The maximum atomic E-state index is 3.37. The van der Waals surface area contributed by atoms with E-state index in [0.29, 0.717) is 22.3 Å². The third-order valence-corrected chi connectivity index (χ3v) is 7.32. The number of allylic oxidation sites excluding steroid dienone is 6. The molecule has 5 rings (SSSR count). The molecule has 0 N–H and O–H groups in total. The summed E-state index contributed by atoms with van der Waals surface area (Å²) in [6.07, 6.45) is 0. The van der Waals surface area contributed by atoms with Crippen molar-refractivity contribution in [2.45, 2.75) is 27.7 Å². The second-order valence-corrected chi connectivity index (χ2v) is 11.6.